The first-order valence-corrected chi connectivity index (χ1v) is 11.2. The van der Waals surface area contributed by atoms with Gasteiger partial charge in [-0.2, -0.15) is 5.10 Å². The van der Waals surface area contributed by atoms with Crippen LogP contribution >= 0.6 is 23.8 Å². The van der Waals surface area contributed by atoms with Gasteiger partial charge in [-0.15, -0.1) is 0 Å². The van der Waals surface area contributed by atoms with Crippen LogP contribution in [-0.2, 0) is 11.3 Å². The summed E-state index contributed by atoms with van der Waals surface area (Å²) in [4.78, 5) is 15.3. The average Bonchev–Trinajstić information content (AvgIpc) is 3.37. The molecule has 0 unspecified atom stereocenters. The van der Waals surface area contributed by atoms with Gasteiger partial charge in [0.1, 0.15) is 6.54 Å². The molecule has 29 heavy (non-hydrogen) atoms. The fourth-order valence-electron chi connectivity index (χ4n) is 4.20. The minimum Gasteiger partial charge on any atom is -0.353 e. The molecule has 1 amide bonds. The number of halogens is 1. The Hall–Kier alpha value is -1.70. The maximum absolute atomic E-state index is 12.8. The molecule has 2 aromatic rings. The minimum atomic E-state index is -0.0483. The number of hydrogen-bond donors (Lipinski definition) is 2. The molecule has 1 aromatic heterocycles. The van der Waals surface area contributed by atoms with Gasteiger partial charge in [0.25, 0.3) is 0 Å². The first-order valence-electron chi connectivity index (χ1n) is 10.4. The SMILES string of the molecule is CCC(CC)[C@H](CNC(=O)Cn1c(-c2ccc(Cl)cc2)n[nH]c1=S)N1CCCC1. The molecule has 1 fully saturated rings. The first-order chi connectivity index (χ1) is 14.0. The summed E-state index contributed by atoms with van der Waals surface area (Å²) in [5.74, 6) is 1.18. The maximum atomic E-state index is 12.8. The smallest absolute Gasteiger partial charge is 0.240 e. The molecule has 0 bridgehead atoms. The number of likely N-dealkylation sites (tertiary alicyclic amines) is 1. The first kappa shape index (κ1) is 22.0. The Bertz CT molecular complexity index is 851. The second kappa shape index (κ2) is 10.4. The lowest BCUT2D eigenvalue weighted by atomic mass is 9.93. The highest BCUT2D eigenvalue weighted by molar-refractivity contribution is 7.71. The van der Waals surface area contributed by atoms with Crippen molar-refractivity contribution in [3.05, 3.63) is 34.1 Å². The van der Waals surface area contributed by atoms with E-state index in [1.807, 2.05) is 12.1 Å². The summed E-state index contributed by atoms with van der Waals surface area (Å²) in [5, 5.41) is 10.9. The van der Waals surface area contributed by atoms with Crippen molar-refractivity contribution in [2.75, 3.05) is 19.6 Å². The van der Waals surface area contributed by atoms with Gasteiger partial charge in [0.2, 0.25) is 5.91 Å². The molecule has 0 aliphatic carbocycles. The molecule has 2 N–H and O–H groups in total. The number of H-pyrrole nitrogens is 1. The second-order valence-electron chi connectivity index (χ2n) is 7.64. The van der Waals surface area contributed by atoms with Crippen LogP contribution in [0.15, 0.2) is 24.3 Å². The lowest BCUT2D eigenvalue weighted by molar-refractivity contribution is -0.122. The van der Waals surface area contributed by atoms with Crippen LogP contribution in [0.3, 0.4) is 0 Å². The van der Waals surface area contributed by atoms with Crippen molar-refractivity contribution in [3.63, 3.8) is 0 Å². The number of benzene rings is 1. The number of aromatic nitrogens is 3. The lowest BCUT2D eigenvalue weighted by Gasteiger charge is -2.34. The van der Waals surface area contributed by atoms with E-state index in [1.54, 1.807) is 16.7 Å². The molecule has 1 aliphatic heterocycles. The summed E-state index contributed by atoms with van der Waals surface area (Å²) in [5.41, 5.74) is 0.863. The zero-order chi connectivity index (χ0) is 20.8. The molecule has 3 rings (SSSR count). The highest BCUT2D eigenvalue weighted by Gasteiger charge is 2.28. The molecule has 0 spiro atoms. The number of aromatic amines is 1. The summed E-state index contributed by atoms with van der Waals surface area (Å²) in [6, 6.07) is 7.74. The Morgan fingerprint density at radius 1 is 1.24 bits per heavy atom. The number of nitrogens with one attached hydrogen (secondary N) is 2. The van der Waals surface area contributed by atoms with Crippen LogP contribution in [0.25, 0.3) is 11.4 Å². The van der Waals surface area contributed by atoms with Crippen LogP contribution in [0.4, 0.5) is 0 Å². The molecule has 0 saturated carbocycles. The van der Waals surface area contributed by atoms with Gasteiger partial charge in [-0.05, 0) is 68.3 Å². The average molecular weight is 436 g/mol. The van der Waals surface area contributed by atoms with Crippen molar-refractivity contribution in [1.29, 1.82) is 0 Å². The third-order valence-electron chi connectivity index (χ3n) is 5.87. The number of carbonyl (C=O) groups excluding carboxylic acids is 1. The van der Waals surface area contributed by atoms with Gasteiger partial charge in [0.15, 0.2) is 10.6 Å². The van der Waals surface area contributed by atoms with Crippen molar-refractivity contribution in [3.8, 4) is 11.4 Å². The Labute approximate surface area is 182 Å². The van der Waals surface area contributed by atoms with E-state index < -0.39 is 0 Å². The molecule has 2 heterocycles. The van der Waals surface area contributed by atoms with Gasteiger partial charge < -0.3 is 5.32 Å². The second-order valence-corrected chi connectivity index (χ2v) is 8.46. The van der Waals surface area contributed by atoms with E-state index >= 15 is 0 Å². The highest BCUT2D eigenvalue weighted by Crippen LogP contribution is 2.23. The van der Waals surface area contributed by atoms with Crippen molar-refractivity contribution in [2.45, 2.75) is 52.1 Å². The lowest BCUT2D eigenvalue weighted by Crippen LogP contribution is -2.47. The molecule has 6 nitrogen and oxygen atoms in total. The zero-order valence-corrected chi connectivity index (χ0v) is 18.7. The standard InChI is InChI=1S/C21H30ClN5OS/c1-3-15(4-2)18(26-11-5-6-12-26)13-23-19(28)14-27-20(24-25-21(27)29)16-7-9-17(22)10-8-16/h7-10,15,18H,3-6,11-14H2,1-2H3,(H,23,28)(H,25,29)/t18-/m0/s1. The molecule has 158 valence electrons. The topological polar surface area (TPSA) is 66.0 Å². The molecule has 1 aliphatic rings. The van der Waals surface area contributed by atoms with E-state index in [1.165, 1.54) is 12.8 Å². The van der Waals surface area contributed by atoms with Crippen LogP contribution in [0.2, 0.25) is 5.02 Å². The number of carbonyl (C=O) groups is 1. The van der Waals surface area contributed by atoms with Crippen LogP contribution in [-0.4, -0.2) is 51.2 Å². The summed E-state index contributed by atoms with van der Waals surface area (Å²) >= 11 is 11.3. The Kier molecular flexibility index (Phi) is 7.86. The van der Waals surface area contributed by atoms with E-state index in [9.17, 15) is 4.79 Å². The molecule has 8 heteroatoms. The molecule has 0 radical (unpaired) electrons. The quantitative estimate of drug-likeness (QED) is 0.577. The van der Waals surface area contributed by atoms with Crippen LogP contribution in [0.5, 0.6) is 0 Å². The molecule has 1 atom stereocenters. The van der Waals surface area contributed by atoms with Gasteiger partial charge in [0.05, 0.1) is 0 Å². The maximum Gasteiger partial charge on any atom is 0.240 e. The van der Waals surface area contributed by atoms with E-state index in [2.05, 4.69) is 34.3 Å². The summed E-state index contributed by atoms with van der Waals surface area (Å²) in [6.07, 6.45) is 4.75. The van der Waals surface area contributed by atoms with Crippen molar-refractivity contribution >= 4 is 29.7 Å². The monoisotopic (exact) mass is 435 g/mol. The molecular formula is C21H30ClN5OS. The van der Waals surface area contributed by atoms with Gasteiger partial charge in [-0.1, -0.05) is 38.3 Å². The van der Waals surface area contributed by atoms with Crippen molar-refractivity contribution < 1.29 is 4.79 Å². The summed E-state index contributed by atoms with van der Waals surface area (Å²) in [6.45, 7) is 7.55. The van der Waals surface area contributed by atoms with Gasteiger partial charge in [-0.25, -0.2) is 0 Å². The third kappa shape index (κ3) is 5.47. The van der Waals surface area contributed by atoms with Crippen molar-refractivity contribution in [2.24, 2.45) is 5.92 Å². The van der Waals surface area contributed by atoms with E-state index in [0.29, 0.717) is 34.1 Å². The van der Waals surface area contributed by atoms with Crippen LogP contribution in [0.1, 0.15) is 39.5 Å². The number of amides is 1. The Morgan fingerprint density at radius 2 is 1.90 bits per heavy atom. The van der Waals surface area contributed by atoms with E-state index in [4.69, 9.17) is 23.8 Å². The predicted molar refractivity (Wildman–Crippen MR) is 120 cm³/mol. The largest absolute Gasteiger partial charge is 0.353 e. The number of rotatable bonds is 9. The normalized spacial score (nSPS) is 15.7. The van der Waals surface area contributed by atoms with Gasteiger partial charge >= 0.3 is 0 Å². The number of nitrogens with zero attached hydrogens (tertiary/aromatic N) is 3. The fourth-order valence-corrected chi connectivity index (χ4v) is 4.52. The number of hydrogen-bond acceptors (Lipinski definition) is 4. The third-order valence-corrected chi connectivity index (χ3v) is 6.44. The zero-order valence-electron chi connectivity index (χ0n) is 17.2. The molecule has 1 saturated heterocycles. The van der Waals surface area contributed by atoms with Crippen LogP contribution in [0, 0.1) is 10.7 Å². The van der Waals surface area contributed by atoms with Gasteiger partial charge in [0, 0.05) is 23.2 Å². The van der Waals surface area contributed by atoms with Crippen LogP contribution < -0.4 is 5.32 Å². The predicted octanol–water partition coefficient (Wildman–Crippen LogP) is 4.28. The molecule has 1 aromatic carbocycles. The Morgan fingerprint density at radius 3 is 2.52 bits per heavy atom. The summed E-state index contributed by atoms with van der Waals surface area (Å²) in [7, 11) is 0. The summed E-state index contributed by atoms with van der Waals surface area (Å²) < 4.78 is 2.16. The minimum absolute atomic E-state index is 0.0483. The fraction of sp³-hybridized carbons (Fsp3) is 0.571. The highest BCUT2D eigenvalue weighted by atomic mass is 35.5. The van der Waals surface area contributed by atoms with Crippen molar-refractivity contribution in [1.82, 2.24) is 25.0 Å². The van der Waals surface area contributed by atoms with E-state index in [-0.39, 0.29) is 12.5 Å². The Balaban J connectivity index is 1.68. The molecular weight excluding hydrogens is 406 g/mol. The van der Waals surface area contributed by atoms with E-state index in [0.717, 1.165) is 31.5 Å². The van der Waals surface area contributed by atoms with Gasteiger partial charge in [-0.3, -0.25) is 19.4 Å².